The summed E-state index contributed by atoms with van der Waals surface area (Å²) in [6.07, 6.45) is -2.94. The second-order valence-corrected chi connectivity index (χ2v) is 4.55. The largest absolute Gasteiger partial charge is 0.586 e. The minimum Gasteiger partial charge on any atom is -0.395 e. The number of benzene rings is 2. The molecule has 0 atom stereocenters. The molecule has 0 saturated heterocycles. The van der Waals surface area contributed by atoms with Crippen molar-refractivity contribution in [2.45, 2.75) is 13.2 Å². The molecule has 5 heteroatoms. The number of halogens is 2. The molecule has 20 heavy (non-hydrogen) atoms. The highest BCUT2D eigenvalue weighted by atomic mass is 19.3. The Hall–Kier alpha value is -2.43. The number of carbonyl (C=O) groups is 1. The van der Waals surface area contributed by atoms with Crippen molar-refractivity contribution >= 4 is 6.29 Å². The molecule has 2 aromatic rings. The predicted octanol–water partition coefficient (Wildman–Crippen LogP) is 3.80. The number of para-hydroxylation sites is 1. The minimum absolute atomic E-state index is 0.0124. The highest BCUT2D eigenvalue weighted by molar-refractivity contribution is 5.82. The van der Waals surface area contributed by atoms with Crippen LogP contribution in [-0.4, -0.2) is 12.6 Å². The summed E-state index contributed by atoms with van der Waals surface area (Å²) < 4.78 is 35.3. The Balaban J connectivity index is 2.16. The minimum atomic E-state index is -3.66. The molecule has 0 radical (unpaired) electrons. The first-order valence-corrected chi connectivity index (χ1v) is 5.94. The fraction of sp³-hybridized carbons (Fsp3) is 0.133. The van der Waals surface area contributed by atoms with E-state index < -0.39 is 6.29 Å². The van der Waals surface area contributed by atoms with Crippen LogP contribution in [0.15, 0.2) is 36.4 Å². The summed E-state index contributed by atoms with van der Waals surface area (Å²) in [6, 6.07) is 9.79. The van der Waals surface area contributed by atoms with Gasteiger partial charge in [0.1, 0.15) is 6.29 Å². The topological polar surface area (TPSA) is 35.5 Å². The van der Waals surface area contributed by atoms with Gasteiger partial charge in [-0.05, 0) is 36.2 Å². The molecule has 102 valence electrons. The summed E-state index contributed by atoms with van der Waals surface area (Å²) in [5, 5.41) is 0. The van der Waals surface area contributed by atoms with E-state index in [0.29, 0.717) is 23.0 Å². The van der Waals surface area contributed by atoms with Gasteiger partial charge in [0.15, 0.2) is 11.5 Å². The lowest BCUT2D eigenvalue weighted by Crippen LogP contribution is -2.26. The molecule has 2 aromatic carbocycles. The van der Waals surface area contributed by atoms with Crippen molar-refractivity contribution in [3.8, 4) is 22.6 Å². The van der Waals surface area contributed by atoms with Crippen LogP contribution in [0.1, 0.15) is 15.9 Å². The zero-order chi connectivity index (χ0) is 14.3. The van der Waals surface area contributed by atoms with E-state index in [-0.39, 0.29) is 11.5 Å². The van der Waals surface area contributed by atoms with Gasteiger partial charge in [-0.3, -0.25) is 4.79 Å². The second-order valence-electron chi connectivity index (χ2n) is 4.55. The predicted molar refractivity (Wildman–Crippen MR) is 68.2 cm³/mol. The van der Waals surface area contributed by atoms with E-state index in [0.717, 1.165) is 5.56 Å². The van der Waals surface area contributed by atoms with E-state index in [2.05, 4.69) is 9.47 Å². The molecular formula is C15H10F2O3. The number of hydrogen-bond acceptors (Lipinski definition) is 3. The number of aldehydes is 1. The third-order valence-electron chi connectivity index (χ3n) is 2.98. The van der Waals surface area contributed by atoms with Gasteiger partial charge in [0.25, 0.3) is 0 Å². The summed E-state index contributed by atoms with van der Waals surface area (Å²) in [5.41, 5.74) is 2.42. The number of carbonyl (C=O) groups excluding carboxylic acids is 1. The van der Waals surface area contributed by atoms with Crippen LogP contribution in [0.5, 0.6) is 11.5 Å². The molecule has 0 aliphatic carbocycles. The fourth-order valence-electron chi connectivity index (χ4n) is 2.23. The summed E-state index contributed by atoms with van der Waals surface area (Å²) in [6.45, 7) is 1.83. The van der Waals surface area contributed by atoms with Crippen LogP contribution in [0.2, 0.25) is 0 Å². The van der Waals surface area contributed by atoms with Crippen molar-refractivity contribution in [3.05, 3.63) is 47.5 Å². The first kappa shape index (κ1) is 12.6. The van der Waals surface area contributed by atoms with Crippen LogP contribution >= 0.6 is 0 Å². The molecule has 0 amide bonds. The number of aryl methyl sites for hydroxylation is 1. The monoisotopic (exact) mass is 276 g/mol. The lowest BCUT2D eigenvalue weighted by atomic mass is 9.99. The zero-order valence-corrected chi connectivity index (χ0v) is 10.5. The van der Waals surface area contributed by atoms with Gasteiger partial charge in [0.2, 0.25) is 0 Å². The van der Waals surface area contributed by atoms with Crippen molar-refractivity contribution in [1.82, 2.24) is 0 Å². The molecule has 0 unspecified atom stereocenters. The zero-order valence-electron chi connectivity index (χ0n) is 10.5. The van der Waals surface area contributed by atoms with Crippen LogP contribution in [0.4, 0.5) is 8.78 Å². The van der Waals surface area contributed by atoms with Gasteiger partial charge in [-0.25, -0.2) is 0 Å². The van der Waals surface area contributed by atoms with Crippen molar-refractivity contribution in [1.29, 1.82) is 0 Å². The Kier molecular flexibility index (Phi) is 2.71. The maximum Gasteiger partial charge on any atom is 0.586 e. The van der Waals surface area contributed by atoms with E-state index in [9.17, 15) is 13.6 Å². The van der Waals surface area contributed by atoms with E-state index in [1.165, 1.54) is 6.07 Å². The highest BCUT2D eigenvalue weighted by Crippen LogP contribution is 2.47. The van der Waals surface area contributed by atoms with Crippen molar-refractivity contribution in [2.24, 2.45) is 0 Å². The SMILES string of the molecule is Cc1cc(C=O)cc(-c2cccc3c2OC(F)(F)O3)c1. The molecule has 1 heterocycles. The normalized spacial score (nSPS) is 15.2. The highest BCUT2D eigenvalue weighted by Gasteiger charge is 2.44. The molecule has 1 aliphatic rings. The lowest BCUT2D eigenvalue weighted by Gasteiger charge is -2.08. The maximum atomic E-state index is 13.2. The van der Waals surface area contributed by atoms with Gasteiger partial charge in [-0.15, -0.1) is 8.78 Å². The standard InChI is InChI=1S/C15H10F2O3/c1-9-5-10(8-18)7-11(6-9)12-3-2-4-13-14(12)20-15(16,17)19-13/h2-8H,1H3. The molecule has 1 aliphatic heterocycles. The Morgan fingerprint density at radius 1 is 1.15 bits per heavy atom. The number of alkyl halides is 2. The van der Waals surface area contributed by atoms with Crippen LogP contribution < -0.4 is 9.47 Å². The molecule has 0 aromatic heterocycles. The van der Waals surface area contributed by atoms with Gasteiger partial charge < -0.3 is 9.47 Å². The molecule has 0 spiro atoms. The van der Waals surface area contributed by atoms with Crippen LogP contribution in [-0.2, 0) is 0 Å². The average Bonchev–Trinajstić information content (AvgIpc) is 2.71. The van der Waals surface area contributed by atoms with E-state index in [1.54, 1.807) is 30.3 Å². The molecule has 0 bridgehead atoms. The summed E-state index contributed by atoms with van der Waals surface area (Å²) in [5.74, 6) is -0.0263. The maximum absolute atomic E-state index is 13.2. The van der Waals surface area contributed by atoms with Gasteiger partial charge in [-0.2, -0.15) is 0 Å². The van der Waals surface area contributed by atoms with Crippen molar-refractivity contribution in [3.63, 3.8) is 0 Å². The van der Waals surface area contributed by atoms with Gasteiger partial charge in [0, 0.05) is 11.1 Å². The molecule has 3 rings (SSSR count). The molecule has 3 nitrogen and oxygen atoms in total. The van der Waals surface area contributed by atoms with E-state index >= 15 is 0 Å². The van der Waals surface area contributed by atoms with Crippen LogP contribution in [0.25, 0.3) is 11.1 Å². The molecule has 0 saturated carbocycles. The Labute approximate surface area is 113 Å². The van der Waals surface area contributed by atoms with Crippen LogP contribution in [0.3, 0.4) is 0 Å². The van der Waals surface area contributed by atoms with E-state index in [4.69, 9.17) is 0 Å². The summed E-state index contributed by atoms with van der Waals surface area (Å²) in [4.78, 5) is 10.9. The second kappa shape index (κ2) is 4.30. The number of fused-ring (bicyclic) bond motifs is 1. The molecular weight excluding hydrogens is 266 g/mol. The lowest BCUT2D eigenvalue weighted by molar-refractivity contribution is -0.286. The average molecular weight is 276 g/mol. The van der Waals surface area contributed by atoms with Crippen molar-refractivity contribution < 1.29 is 23.0 Å². The smallest absolute Gasteiger partial charge is 0.395 e. The molecule has 0 fully saturated rings. The number of hydrogen-bond donors (Lipinski definition) is 0. The van der Waals surface area contributed by atoms with E-state index in [1.807, 2.05) is 6.92 Å². The number of rotatable bonds is 2. The first-order chi connectivity index (χ1) is 9.48. The Morgan fingerprint density at radius 3 is 2.70 bits per heavy atom. The third kappa shape index (κ3) is 2.11. The summed E-state index contributed by atoms with van der Waals surface area (Å²) in [7, 11) is 0. The van der Waals surface area contributed by atoms with Crippen molar-refractivity contribution in [2.75, 3.05) is 0 Å². The first-order valence-electron chi connectivity index (χ1n) is 5.94. The summed E-state index contributed by atoms with van der Waals surface area (Å²) >= 11 is 0. The van der Waals surface area contributed by atoms with Gasteiger partial charge in [0.05, 0.1) is 0 Å². The van der Waals surface area contributed by atoms with Gasteiger partial charge >= 0.3 is 6.29 Å². The van der Waals surface area contributed by atoms with Crippen LogP contribution in [0, 0.1) is 6.92 Å². The number of ether oxygens (including phenoxy) is 2. The van der Waals surface area contributed by atoms with Gasteiger partial charge in [-0.1, -0.05) is 18.2 Å². The Bertz CT molecular complexity index is 696. The third-order valence-corrected chi connectivity index (χ3v) is 2.98. The molecule has 0 N–H and O–H groups in total. The fourth-order valence-corrected chi connectivity index (χ4v) is 2.23. The quantitative estimate of drug-likeness (QED) is 0.783. The Morgan fingerprint density at radius 2 is 1.95 bits per heavy atom.